The molecule has 1 aliphatic rings. The Hall–Kier alpha value is -0.830. The van der Waals surface area contributed by atoms with E-state index in [9.17, 15) is 14.7 Å². The Balaban J connectivity index is 2.93. The fourth-order valence-corrected chi connectivity index (χ4v) is 4.23. The van der Waals surface area contributed by atoms with Crippen LogP contribution in [-0.2, 0) is 9.59 Å². The fourth-order valence-electron chi connectivity index (χ4n) is 3.26. The highest BCUT2D eigenvalue weighted by Gasteiger charge is 2.52. The third-order valence-corrected chi connectivity index (χ3v) is 5.34. The van der Waals surface area contributed by atoms with Crippen LogP contribution in [0.15, 0.2) is 18.4 Å². The average Bonchev–Trinajstić information content (AvgIpc) is 2.42. The molecule has 1 rings (SSSR count). The van der Waals surface area contributed by atoms with E-state index in [4.69, 9.17) is 0 Å². The molecule has 1 aliphatic carbocycles. The van der Waals surface area contributed by atoms with Crippen molar-refractivity contribution in [1.82, 2.24) is 0 Å². The molecule has 0 bridgehead atoms. The van der Waals surface area contributed by atoms with Gasteiger partial charge in [0.15, 0.2) is 11.6 Å². The molecule has 1 N–H and O–H groups in total. The van der Waals surface area contributed by atoms with Crippen LogP contribution in [0.1, 0.15) is 46.5 Å². The predicted octanol–water partition coefficient (Wildman–Crippen LogP) is 3.16. The van der Waals surface area contributed by atoms with Gasteiger partial charge in [0.2, 0.25) is 0 Å². The zero-order valence-electron chi connectivity index (χ0n) is 13.2. The number of thioether (sulfide) groups is 1. The molecule has 0 aromatic carbocycles. The van der Waals surface area contributed by atoms with Gasteiger partial charge >= 0.3 is 0 Å². The smallest absolute Gasteiger partial charge is 0.153 e. The summed E-state index contributed by atoms with van der Waals surface area (Å²) in [6.07, 6.45) is 2.40. The minimum Gasteiger partial charge on any atom is -0.391 e. The van der Waals surface area contributed by atoms with E-state index in [1.807, 2.05) is 11.8 Å². The third-order valence-electron chi connectivity index (χ3n) is 4.25. The van der Waals surface area contributed by atoms with E-state index in [1.165, 1.54) is 6.08 Å². The Morgan fingerprint density at radius 1 is 1.62 bits per heavy atom. The van der Waals surface area contributed by atoms with Crippen LogP contribution in [0.4, 0.5) is 0 Å². The van der Waals surface area contributed by atoms with Gasteiger partial charge in [-0.1, -0.05) is 27.4 Å². The van der Waals surface area contributed by atoms with Crippen LogP contribution in [0.2, 0.25) is 0 Å². The van der Waals surface area contributed by atoms with Crippen molar-refractivity contribution in [2.75, 3.05) is 5.75 Å². The molecule has 1 saturated carbocycles. The van der Waals surface area contributed by atoms with Crippen molar-refractivity contribution in [2.24, 2.45) is 11.3 Å². The molecule has 118 valence electrons. The highest BCUT2D eigenvalue weighted by Crippen LogP contribution is 2.41. The van der Waals surface area contributed by atoms with Gasteiger partial charge < -0.3 is 5.11 Å². The lowest BCUT2D eigenvalue weighted by molar-refractivity contribution is -0.149. The molecule has 0 radical (unpaired) electrons. The summed E-state index contributed by atoms with van der Waals surface area (Å²) in [5.74, 6) is 0.785. The van der Waals surface area contributed by atoms with Gasteiger partial charge in [-0.3, -0.25) is 9.59 Å². The van der Waals surface area contributed by atoms with Crippen LogP contribution in [-0.4, -0.2) is 33.8 Å². The first-order valence-corrected chi connectivity index (χ1v) is 8.70. The van der Waals surface area contributed by atoms with Gasteiger partial charge in [0, 0.05) is 18.1 Å². The number of ketones is 2. The highest BCUT2D eigenvalue weighted by atomic mass is 32.2. The number of rotatable bonds is 7. The van der Waals surface area contributed by atoms with Crippen molar-refractivity contribution in [3.8, 4) is 0 Å². The lowest BCUT2D eigenvalue weighted by atomic mass is 9.64. The van der Waals surface area contributed by atoms with E-state index in [0.29, 0.717) is 18.1 Å². The molecule has 0 aliphatic heterocycles. The summed E-state index contributed by atoms with van der Waals surface area (Å²) in [4.78, 5) is 24.8. The van der Waals surface area contributed by atoms with Gasteiger partial charge in [0.25, 0.3) is 0 Å². The quantitative estimate of drug-likeness (QED) is 0.580. The molecule has 1 fully saturated rings. The predicted molar refractivity (Wildman–Crippen MR) is 87.4 cm³/mol. The minimum absolute atomic E-state index is 0.151. The van der Waals surface area contributed by atoms with E-state index < -0.39 is 11.5 Å². The summed E-state index contributed by atoms with van der Waals surface area (Å²) < 4.78 is 0. The normalized spacial score (nSPS) is 30.6. The van der Waals surface area contributed by atoms with Crippen LogP contribution in [0.5, 0.6) is 0 Å². The number of carbonyl (C=O) groups excluding carboxylic acids is 2. The minimum atomic E-state index is -1.41. The van der Waals surface area contributed by atoms with Crippen LogP contribution >= 0.6 is 11.8 Å². The summed E-state index contributed by atoms with van der Waals surface area (Å²) in [6, 6.07) is 0. The summed E-state index contributed by atoms with van der Waals surface area (Å²) >= 11 is 1.86. The van der Waals surface area contributed by atoms with Gasteiger partial charge in [-0.25, -0.2) is 0 Å². The molecular formula is C17H26O3S. The number of carbonyl (C=O) groups is 2. The second kappa shape index (κ2) is 7.98. The van der Waals surface area contributed by atoms with Crippen molar-refractivity contribution >= 4 is 23.3 Å². The maximum absolute atomic E-state index is 12.6. The van der Waals surface area contributed by atoms with E-state index in [1.54, 1.807) is 6.92 Å². The Morgan fingerprint density at radius 3 is 2.76 bits per heavy atom. The molecule has 4 heteroatoms. The number of aliphatic hydroxyl groups is 1. The van der Waals surface area contributed by atoms with Crippen molar-refractivity contribution in [3.05, 3.63) is 18.4 Å². The summed E-state index contributed by atoms with van der Waals surface area (Å²) in [5.41, 5.74) is 1.14. The molecule has 4 unspecified atom stereocenters. The van der Waals surface area contributed by atoms with Gasteiger partial charge in [-0.2, -0.15) is 11.8 Å². The van der Waals surface area contributed by atoms with Crippen molar-refractivity contribution in [3.63, 3.8) is 0 Å². The van der Waals surface area contributed by atoms with Crippen molar-refractivity contribution in [2.45, 2.75) is 57.8 Å². The van der Waals surface area contributed by atoms with Crippen molar-refractivity contribution < 1.29 is 14.7 Å². The van der Waals surface area contributed by atoms with Gasteiger partial charge in [0.1, 0.15) is 5.41 Å². The molecule has 0 spiro atoms. The molecule has 0 aromatic heterocycles. The topological polar surface area (TPSA) is 54.4 Å². The summed E-state index contributed by atoms with van der Waals surface area (Å²) in [7, 11) is 0. The first-order chi connectivity index (χ1) is 9.92. The first kappa shape index (κ1) is 18.2. The highest BCUT2D eigenvalue weighted by molar-refractivity contribution is 7.99. The molecule has 3 nitrogen and oxygen atoms in total. The lowest BCUT2D eigenvalue weighted by Crippen LogP contribution is -2.52. The van der Waals surface area contributed by atoms with Gasteiger partial charge in [0.05, 0.1) is 6.10 Å². The molecular weight excluding hydrogens is 284 g/mol. The van der Waals surface area contributed by atoms with Crippen LogP contribution < -0.4 is 0 Å². The maximum Gasteiger partial charge on any atom is 0.153 e. The summed E-state index contributed by atoms with van der Waals surface area (Å²) in [5, 5.41) is 11.0. The van der Waals surface area contributed by atoms with E-state index in [-0.39, 0.29) is 23.9 Å². The molecule has 21 heavy (non-hydrogen) atoms. The van der Waals surface area contributed by atoms with Gasteiger partial charge in [-0.15, -0.1) is 5.73 Å². The molecule has 0 amide bonds. The Labute approximate surface area is 131 Å². The summed E-state index contributed by atoms with van der Waals surface area (Å²) in [6.45, 7) is 9.45. The lowest BCUT2D eigenvalue weighted by Gasteiger charge is -2.39. The second-order valence-corrected chi connectivity index (χ2v) is 7.46. The standard InChI is InChI=1S/C17H26O3S/c1-5-8-17(14(18)6-2)15(19)10-13(11-16(17)20)9-12(4)21-7-3/h8,12-13,15,19H,1,6-7,9-11H2,2-4H3. The zero-order chi connectivity index (χ0) is 16.0. The second-order valence-electron chi connectivity index (χ2n) is 5.74. The largest absolute Gasteiger partial charge is 0.391 e. The number of Topliss-reactive ketones (excluding diaryl/α,β-unsaturated/α-hetero) is 2. The Morgan fingerprint density at radius 2 is 2.29 bits per heavy atom. The Kier molecular flexibility index (Phi) is 6.92. The number of aliphatic hydroxyl groups excluding tert-OH is 1. The first-order valence-electron chi connectivity index (χ1n) is 7.65. The van der Waals surface area contributed by atoms with Crippen LogP contribution in [0.25, 0.3) is 0 Å². The van der Waals surface area contributed by atoms with E-state index in [0.717, 1.165) is 12.2 Å². The molecule has 0 aromatic rings. The molecule has 0 heterocycles. The maximum atomic E-state index is 12.6. The Bertz CT molecular complexity index is 439. The fraction of sp³-hybridized carbons (Fsp3) is 0.706. The zero-order valence-corrected chi connectivity index (χ0v) is 14.0. The van der Waals surface area contributed by atoms with Crippen molar-refractivity contribution in [1.29, 1.82) is 0 Å². The van der Waals surface area contributed by atoms with Gasteiger partial charge in [-0.05, 0) is 30.6 Å². The monoisotopic (exact) mass is 310 g/mol. The molecule has 4 atom stereocenters. The van der Waals surface area contributed by atoms with Crippen LogP contribution in [0.3, 0.4) is 0 Å². The molecule has 0 saturated heterocycles. The number of hydrogen-bond donors (Lipinski definition) is 1. The van der Waals surface area contributed by atoms with E-state index in [2.05, 4.69) is 26.2 Å². The third kappa shape index (κ3) is 3.88. The number of hydrogen-bond acceptors (Lipinski definition) is 4. The SMILES string of the molecule is C=C=CC1(C(=O)CC)C(=O)CC(CC(C)SCC)CC1O. The van der Waals surface area contributed by atoms with E-state index >= 15 is 0 Å². The average molecular weight is 310 g/mol. The van der Waals surface area contributed by atoms with Crippen LogP contribution in [0, 0.1) is 11.3 Å².